The van der Waals surface area contributed by atoms with Crippen LogP contribution in [0.25, 0.3) is 5.78 Å². The van der Waals surface area contributed by atoms with Gasteiger partial charge >= 0.3 is 0 Å². The van der Waals surface area contributed by atoms with Gasteiger partial charge in [0.25, 0.3) is 5.78 Å². The van der Waals surface area contributed by atoms with E-state index in [1.54, 1.807) is 4.52 Å². The Hall–Kier alpha value is -1.64. The second kappa shape index (κ2) is 8.83. The maximum Gasteiger partial charge on any atom is 0.254 e. The molecule has 26 heavy (non-hydrogen) atoms. The molecule has 4 rings (SSSR count). The van der Waals surface area contributed by atoms with Crippen LogP contribution in [0, 0.1) is 12.8 Å². The first-order valence-corrected chi connectivity index (χ1v) is 8.61. The molecule has 1 saturated carbocycles. The van der Waals surface area contributed by atoms with Gasteiger partial charge in [0.15, 0.2) is 0 Å². The Morgan fingerprint density at radius 2 is 1.96 bits per heavy atom. The predicted molar refractivity (Wildman–Crippen MR) is 104 cm³/mol. The highest BCUT2D eigenvalue weighted by Gasteiger charge is 2.24. The zero-order chi connectivity index (χ0) is 16.5. The lowest BCUT2D eigenvalue weighted by Gasteiger charge is -2.36. The number of anilines is 1. The van der Waals surface area contributed by atoms with Crippen LogP contribution >= 0.6 is 24.8 Å². The highest BCUT2D eigenvalue weighted by Crippen LogP contribution is 2.27. The van der Waals surface area contributed by atoms with Crippen LogP contribution in [0.2, 0.25) is 0 Å². The van der Waals surface area contributed by atoms with Crippen LogP contribution in [0.4, 0.5) is 5.82 Å². The van der Waals surface area contributed by atoms with Gasteiger partial charge in [-0.2, -0.15) is 14.6 Å². The summed E-state index contributed by atoms with van der Waals surface area (Å²) < 4.78 is 1.77. The Balaban J connectivity index is 0.00000121. The number of carbonyl (C=O) groups is 1. The average molecular weight is 402 g/mol. The maximum atomic E-state index is 12.3. The molecule has 3 heterocycles. The quantitative estimate of drug-likeness (QED) is 0.802. The molecule has 10 heteroatoms. The number of nitrogens with one attached hydrogen (secondary N) is 1. The molecule has 0 bridgehead atoms. The van der Waals surface area contributed by atoms with Crippen LogP contribution in [0.5, 0.6) is 0 Å². The largest absolute Gasteiger partial charge is 0.353 e. The zero-order valence-corrected chi connectivity index (χ0v) is 16.4. The van der Waals surface area contributed by atoms with Gasteiger partial charge in [0.1, 0.15) is 12.1 Å². The first kappa shape index (κ1) is 20.7. The molecule has 0 spiro atoms. The lowest BCUT2D eigenvalue weighted by Crippen LogP contribution is -2.51. The van der Waals surface area contributed by atoms with Gasteiger partial charge < -0.3 is 15.1 Å². The van der Waals surface area contributed by atoms with Crippen molar-refractivity contribution in [2.75, 3.05) is 44.2 Å². The van der Waals surface area contributed by atoms with E-state index in [-0.39, 0.29) is 30.7 Å². The van der Waals surface area contributed by atoms with E-state index in [0.717, 1.165) is 50.2 Å². The minimum absolute atomic E-state index is 0. The summed E-state index contributed by atoms with van der Waals surface area (Å²) in [5.41, 5.74) is 0.924. The number of piperazine rings is 1. The third-order valence-electron chi connectivity index (χ3n) is 4.72. The molecule has 8 nitrogen and oxygen atoms in total. The van der Waals surface area contributed by atoms with Crippen molar-refractivity contribution in [3.63, 3.8) is 0 Å². The van der Waals surface area contributed by atoms with Crippen molar-refractivity contribution >= 4 is 42.3 Å². The molecule has 1 amide bonds. The highest BCUT2D eigenvalue weighted by atomic mass is 35.5. The minimum atomic E-state index is 0. The number of aryl methyl sites for hydroxylation is 1. The molecule has 0 unspecified atom stereocenters. The van der Waals surface area contributed by atoms with Gasteiger partial charge in [-0.25, -0.2) is 4.98 Å². The monoisotopic (exact) mass is 401 g/mol. The lowest BCUT2D eigenvalue weighted by molar-refractivity contribution is -0.130. The first-order chi connectivity index (χ1) is 11.7. The molecule has 1 aliphatic carbocycles. The van der Waals surface area contributed by atoms with Crippen LogP contribution in [0.3, 0.4) is 0 Å². The van der Waals surface area contributed by atoms with Crippen molar-refractivity contribution in [1.29, 1.82) is 0 Å². The first-order valence-electron chi connectivity index (χ1n) is 8.61. The molecule has 2 aromatic heterocycles. The van der Waals surface area contributed by atoms with Crippen molar-refractivity contribution < 1.29 is 4.79 Å². The van der Waals surface area contributed by atoms with Gasteiger partial charge in [0.2, 0.25) is 5.91 Å². The van der Waals surface area contributed by atoms with Gasteiger partial charge in [-0.15, -0.1) is 24.8 Å². The summed E-state index contributed by atoms with van der Waals surface area (Å²) >= 11 is 0. The van der Waals surface area contributed by atoms with E-state index in [9.17, 15) is 4.79 Å². The fourth-order valence-electron chi connectivity index (χ4n) is 3.14. The summed E-state index contributed by atoms with van der Waals surface area (Å²) in [7, 11) is 0. The number of amides is 1. The molecule has 0 aromatic carbocycles. The maximum absolute atomic E-state index is 12.3. The molecule has 1 saturated heterocycles. The summed E-state index contributed by atoms with van der Waals surface area (Å²) in [5.74, 6) is 2.61. The van der Waals surface area contributed by atoms with Gasteiger partial charge in [0, 0.05) is 37.9 Å². The number of nitrogens with zero attached hydrogens (tertiary/aromatic N) is 6. The second-order valence-corrected chi connectivity index (χ2v) is 6.67. The molecule has 2 fully saturated rings. The van der Waals surface area contributed by atoms with E-state index in [4.69, 9.17) is 0 Å². The number of aromatic nitrogens is 4. The third kappa shape index (κ3) is 4.55. The van der Waals surface area contributed by atoms with Gasteiger partial charge in [-0.1, -0.05) is 0 Å². The Morgan fingerprint density at radius 1 is 1.23 bits per heavy atom. The summed E-state index contributed by atoms with van der Waals surface area (Å²) in [6.45, 7) is 6.47. The van der Waals surface area contributed by atoms with Gasteiger partial charge in [0.05, 0.1) is 6.54 Å². The minimum Gasteiger partial charge on any atom is -0.353 e. The number of fused-ring (bicyclic) bond motifs is 1. The summed E-state index contributed by atoms with van der Waals surface area (Å²) in [4.78, 5) is 25.0. The van der Waals surface area contributed by atoms with Crippen molar-refractivity contribution in [3.8, 4) is 0 Å². The third-order valence-corrected chi connectivity index (χ3v) is 4.72. The predicted octanol–water partition coefficient (Wildman–Crippen LogP) is 0.925. The fourth-order valence-corrected chi connectivity index (χ4v) is 3.14. The van der Waals surface area contributed by atoms with Crippen LogP contribution in [0.15, 0.2) is 12.4 Å². The number of rotatable bonds is 5. The van der Waals surface area contributed by atoms with Crippen molar-refractivity contribution in [3.05, 3.63) is 18.1 Å². The average Bonchev–Trinajstić information content (AvgIpc) is 3.29. The van der Waals surface area contributed by atoms with Crippen molar-refractivity contribution in [1.82, 2.24) is 29.8 Å². The molecule has 0 radical (unpaired) electrons. The molecule has 2 aromatic rings. The smallest absolute Gasteiger partial charge is 0.254 e. The van der Waals surface area contributed by atoms with Crippen molar-refractivity contribution in [2.24, 2.45) is 5.92 Å². The Kier molecular flexibility index (Phi) is 7.02. The van der Waals surface area contributed by atoms with E-state index in [0.29, 0.717) is 12.3 Å². The normalized spacial score (nSPS) is 17.0. The number of halogens is 2. The SMILES string of the molecule is Cc1cc(N2CCN(C(=O)CNCC3CC3)CC2)n2ncnc2n1.Cl.Cl. The number of hydrogen-bond donors (Lipinski definition) is 1. The Morgan fingerprint density at radius 3 is 2.65 bits per heavy atom. The van der Waals surface area contributed by atoms with E-state index >= 15 is 0 Å². The number of carbonyl (C=O) groups excluding carboxylic acids is 1. The summed E-state index contributed by atoms with van der Waals surface area (Å²) in [6, 6.07) is 2.02. The fraction of sp³-hybridized carbons (Fsp3) is 0.625. The van der Waals surface area contributed by atoms with Crippen LogP contribution in [0.1, 0.15) is 18.5 Å². The molecular weight excluding hydrogens is 377 g/mol. The molecule has 1 N–H and O–H groups in total. The molecule has 1 aliphatic heterocycles. The van der Waals surface area contributed by atoms with Crippen LogP contribution in [-0.4, -0.2) is 69.7 Å². The van der Waals surface area contributed by atoms with E-state index in [1.165, 1.54) is 19.2 Å². The molecule has 0 atom stereocenters. The second-order valence-electron chi connectivity index (χ2n) is 6.67. The summed E-state index contributed by atoms with van der Waals surface area (Å²) in [5, 5.41) is 7.54. The Bertz CT molecular complexity index is 741. The Labute approximate surface area is 165 Å². The molecule has 2 aliphatic rings. The molecular formula is C16H25Cl2N7O. The van der Waals surface area contributed by atoms with E-state index < -0.39 is 0 Å². The van der Waals surface area contributed by atoms with Gasteiger partial charge in [-0.3, -0.25) is 4.79 Å². The number of hydrogen-bond acceptors (Lipinski definition) is 6. The summed E-state index contributed by atoms with van der Waals surface area (Å²) in [6.07, 6.45) is 4.14. The van der Waals surface area contributed by atoms with Crippen LogP contribution < -0.4 is 10.2 Å². The topological polar surface area (TPSA) is 78.7 Å². The van der Waals surface area contributed by atoms with Crippen molar-refractivity contribution in [2.45, 2.75) is 19.8 Å². The standard InChI is InChI=1S/C16H23N7O.2ClH/c1-12-8-14(23-16(20-12)18-11-19-23)21-4-6-22(7-5-21)15(24)10-17-9-13-2-3-13;;/h8,11,13,17H,2-7,9-10H2,1H3;2*1H. The molecule has 144 valence electrons. The van der Waals surface area contributed by atoms with E-state index in [1.807, 2.05) is 17.9 Å². The lowest BCUT2D eigenvalue weighted by atomic mass is 10.3. The highest BCUT2D eigenvalue weighted by molar-refractivity contribution is 5.85. The van der Waals surface area contributed by atoms with Crippen LogP contribution in [-0.2, 0) is 4.79 Å². The zero-order valence-electron chi connectivity index (χ0n) is 14.8. The van der Waals surface area contributed by atoms with E-state index in [2.05, 4.69) is 25.3 Å². The van der Waals surface area contributed by atoms with Gasteiger partial charge in [-0.05, 0) is 32.2 Å².